The molecule has 0 saturated carbocycles. The molecular weight excluding hydrogens is 440 g/mol. The predicted molar refractivity (Wildman–Crippen MR) is 116 cm³/mol. The van der Waals surface area contributed by atoms with Gasteiger partial charge in [0.2, 0.25) is 10.0 Å². The molecule has 0 fully saturated rings. The second-order valence-corrected chi connectivity index (χ2v) is 9.29. The fraction of sp³-hybridized carbons (Fsp3) is 0.182. The summed E-state index contributed by atoms with van der Waals surface area (Å²) in [5, 5.41) is 0.0338. The molecule has 0 aliphatic rings. The average molecular weight is 461 g/mol. The van der Waals surface area contributed by atoms with Crippen LogP contribution in [0.25, 0.3) is 0 Å². The van der Waals surface area contributed by atoms with Crippen molar-refractivity contribution in [2.75, 3.05) is 14.1 Å². The molecule has 2 aromatic carbocycles. The highest BCUT2D eigenvalue weighted by Gasteiger charge is 2.22. The second kappa shape index (κ2) is 9.91. The van der Waals surface area contributed by atoms with Gasteiger partial charge in [-0.2, -0.15) is 0 Å². The lowest BCUT2D eigenvalue weighted by atomic mass is 10.2. The number of hydrogen-bond donors (Lipinski definition) is 0. The summed E-state index contributed by atoms with van der Waals surface area (Å²) in [4.78, 5) is 16.4. The molecule has 0 aliphatic heterocycles. The molecule has 0 atom stereocenters. The van der Waals surface area contributed by atoms with Crippen LogP contribution in [0.5, 0.6) is 5.75 Å². The van der Waals surface area contributed by atoms with Crippen molar-refractivity contribution in [3.05, 3.63) is 88.7 Å². The van der Waals surface area contributed by atoms with Gasteiger partial charge < -0.3 is 9.47 Å². The van der Waals surface area contributed by atoms with Crippen LogP contribution >= 0.6 is 11.6 Å². The molecule has 7 nitrogen and oxygen atoms in total. The molecular formula is C22H21ClN2O5S. The summed E-state index contributed by atoms with van der Waals surface area (Å²) >= 11 is 6.01. The summed E-state index contributed by atoms with van der Waals surface area (Å²) in [6.07, 6.45) is 1.70. The Labute approximate surface area is 186 Å². The maximum Gasteiger partial charge on any atom is 0.338 e. The topological polar surface area (TPSA) is 85.8 Å². The van der Waals surface area contributed by atoms with E-state index < -0.39 is 16.0 Å². The number of benzene rings is 2. The van der Waals surface area contributed by atoms with Crippen molar-refractivity contribution in [2.24, 2.45) is 0 Å². The van der Waals surface area contributed by atoms with Crippen LogP contribution in [-0.4, -0.2) is 37.8 Å². The van der Waals surface area contributed by atoms with Crippen LogP contribution < -0.4 is 4.74 Å². The van der Waals surface area contributed by atoms with E-state index in [9.17, 15) is 13.2 Å². The number of esters is 1. The van der Waals surface area contributed by atoms with E-state index in [0.29, 0.717) is 12.4 Å². The summed E-state index contributed by atoms with van der Waals surface area (Å²) in [5.41, 5.74) is 1.67. The third kappa shape index (κ3) is 5.81. The highest BCUT2D eigenvalue weighted by molar-refractivity contribution is 7.89. The molecule has 0 spiro atoms. The second-order valence-electron chi connectivity index (χ2n) is 6.76. The number of pyridine rings is 1. The first-order chi connectivity index (χ1) is 14.8. The summed E-state index contributed by atoms with van der Waals surface area (Å²) in [7, 11) is -1.01. The van der Waals surface area contributed by atoms with Crippen LogP contribution in [0.4, 0.5) is 0 Å². The molecule has 162 valence electrons. The number of rotatable bonds is 8. The normalized spacial score (nSPS) is 11.4. The molecule has 0 unspecified atom stereocenters. The third-order valence-corrected chi connectivity index (χ3v) is 6.63. The lowest BCUT2D eigenvalue weighted by Crippen LogP contribution is -2.23. The monoisotopic (exact) mass is 460 g/mol. The van der Waals surface area contributed by atoms with Crippen molar-refractivity contribution >= 4 is 27.6 Å². The van der Waals surface area contributed by atoms with Gasteiger partial charge in [-0.3, -0.25) is 4.98 Å². The summed E-state index contributed by atoms with van der Waals surface area (Å²) in [6.45, 7) is 0.377. The van der Waals surface area contributed by atoms with E-state index in [4.69, 9.17) is 21.1 Å². The van der Waals surface area contributed by atoms with Crippen LogP contribution in [0.3, 0.4) is 0 Å². The minimum atomic E-state index is -3.79. The van der Waals surface area contributed by atoms with Crippen LogP contribution in [0, 0.1) is 0 Å². The van der Waals surface area contributed by atoms with Crippen LogP contribution in [0.15, 0.2) is 71.8 Å². The molecule has 1 aromatic heterocycles. The molecule has 0 aliphatic carbocycles. The van der Waals surface area contributed by atoms with Crippen LogP contribution in [0.1, 0.15) is 21.6 Å². The van der Waals surface area contributed by atoms with Gasteiger partial charge in [0.1, 0.15) is 23.9 Å². The van der Waals surface area contributed by atoms with Gasteiger partial charge in [-0.1, -0.05) is 29.8 Å². The maximum atomic E-state index is 12.4. The number of nitrogens with zero attached hydrogens (tertiary/aromatic N) is 2. The molecule has 0 saturated heterocycles. The summed E-state index contributed by atoms with van der Waals surface area (Å²) in [5.74, 6) is 0.0133. The lowest BCUT2D eigenvalue weighted by Gasteiger charge is -2.13. The average Bonchev–Trinajstić information content (AvgIpc) is 2.77. The van der Waals surface area contributed by atoms with Crippen LogP contribution in [-0.2, 0) is 28.0 Å². The number of hydrogen-bond acceptors (Lipinski definition) is 6. The van der Waals surface area contributed by atoms with Crippen molar-refractivity contribution in [1.29, 1.82) is 0 Å². The molecule has 9 heteroatoms. The standard InChI is InChI=1S/C22H21ClN2O5S/c1-25(2)31(27,28)21-13-17(8-11-20(21)23)22(26)30-14-16-6-9-19(10-7-16)29-15-18-5-3-4-12-24-18/h3-13H,14-15H2,1-2H3. The fourth-order valence-corrected chi connectivity index (χ4v) is 3.97. The molecule has 0 amide bonds. The Morgan fingerprint density at radius 2 is 1.77 bits per heavy atom. The molecule has 3 aromatic rings. The quantitative estimate of drug-likeness (QED) is 0.473. The smallest absolute Gasteiger partial charge is 0.338 e. The summed E-state index contributed by atoms with van der Waals surface area (Å²) < 4.78 is 36.7. The van der Waals surface area contributed by atoms with Gasteiger partial charge >= 0.3 is 5.97 Å². The fourth-order valence-electron chi connectivity index (χ4n) is 2.58. The van der Waals surface area contributed by atoms with E-state index in [1.165, 1.54) is 32.3 Å². The van der Waals surface area contributed by atoms with E-state index in [1.54, 1.807) is 30.5 Å². The Morgan fingerprint density at radius 1 is 1.03 bits per heavy atom. The highest BCUT2D eigenvalue weighted by atomic mass is 35.5. The van der Waals surface area contributed by atoms with Gasteiger partial charge in [-0.05, 0) is 48.0 Å². The molecule has 3 rings (SSSR count). The minimum Gasteiger partial charge on any atom is -0.487 e. The van der Waals surface area contributed by atoms with E-state index in [1.807, 2.05) is 18.2 Å². The van der Waals surface area contributed by atoms with Crippen molar-refractivity contribution in [3.63, 3.8) is 0 Å². The number of carbonyl (C=O) groups excluding carboxylic acids is 1. The minimum absolute atomic E-state index is 0.0255. The molecule has 1 heterocycles. The Hall–Kier alpha value is -2.94. The van der Waals surface area contributed by atoms with Crippen molar-refractivity contribution in [3.8, 4) is 5.75 Å². The van der Waals surface area contributed by atoms with Gasteiger partial charge in [0.25, 0.3) is 0 Å². The highest BCUT2D eigenvalue weighted by Crippen LogP contribution is 2.25. The molecule has 31 heavy (non-hydrogen) atoms. The van der Waals surface area contributed by atoms with Gasteiger partial charge in [0.05, 0.1) is 16.3 Å². The first-order valence-electron chi connectivity index (χ1n) is 9.28. The molecule has 0 N–H and O–H groups in total. The van der Waals surface area contributed by atoms with Crippen LogP contribution in [0.2, 0.25) is 5.02 Å². The van der Waals surface area contributed by atoms with Gasteiger partial charge in [0, 0.05) is 20.3 Å². The zero-order chi connectivity index (χ0) is 22.4. The first kappa shape index (κ1) is 22.7. The van der Waals surface area contributed by atoms with Gasteiger partial charge in [-0.15, -0.1) is 0 Å². The molecule has 0 bridgehead atoms. The SMILES string of the molecule is CN(C)S(=O)(=O)c1cc(C(=O)OCc2ccc(OCc3ccccn3)cc2)ccc1Cl. The third-order valence-electron chi connectivity index (χ3n) is 4.33. The lowest BCUT2D eigenvalue weighted by molar-refractivity contribution is 0.0472. The number of carbonyl (C=O) groups is 1. The van der Waals surface area contributed by atoms with Crippen molar-refractivity contribution < 1.29 is 22.7 Å². The van der Waals surface area contributed by atoms with Crippen molar-refractivity contribution in [1.82, 2.24) is 9.29 Å². The Morgan fingerprint density at radius 3 is 2.42 bits per heavy atom. The van der Waals surface area contributed by atoms with E-state index in [0.717, 1.165) is 15.6 Å². The number of aromatic nitrogens is 1. The number of halogens is 1. The van der Waals surface area contributed by atoms with E-state index in [2.05, 4.69) is 4.98 Å². The van der Waals surface area contributed by atoms with E-state index in [-0.39, 0.29) is 22.1 Å². The largest absolute Gasteiger partial charge is 0.487 e. The Kier molecular flexibility index (Phi) is 7.27. The predicted octanol–water partition coefficient (Wildman–Crippen LogP) is 3.92. The zero-order valence-corrected chi connectivity index (χ0v) is 18.6. The Balaban J connectivity index is 1.61. The summed E-state index contributed by atoms with van der Waals surface area (Å²) in [6, 6.07) is 16.7. The first-order valence-corrected chi connectivity index (χ1v) is 11.1. The zero-order valence-electron chi connectivity index (χ0n) is 17.0. The van der Waals surface area contributed by atoms with Crippen molar-refractivity contribution in [2.45, 2.75) is 18.1 Å². The number of ether oxygens (including phenoxy) is 2. The maximum absolute atomic E-state index is 12.4. The molecule has 0 radical (unpaired) electrons. The van der Waals surface area contributed by atoms with Gasteiger partial charge in [0.15, 0.2) is 0 Å². The number of sulfonamides is 1. The Bertz CT molecular complexity index is 1150. The van der Waals surface area contributed by atoms with E-state index >= 15 is 0 Å². The van der Waals surface area contributed by atoms with Gasteiger partial charge in [-0.25, -0.2) is 17.5 Å².